The standard InChI is InChI=1S/C24H30N6O.HI/c1-3-25-24(30-13-11-21(17-30)22-15-28-29(2)16-22)27-14-20-10-7-12-26-23(20)31-18-19-8-5-4-6-9-19;/h4-10,12,15-16,21H,3,11,13-14,17-18H2,1-2H3,(H,25,27);1H. The lowest BCUT2D eigenvalue weighted by molar-refractivity contribution is 0.290. The average Bonchev–Trinajstić information content (AvgIpc) is 3.46. The molecule has 1 atom stereocenters. The zero-order valence-electron chi connectivity index (χ0n) is 18.6. The first-order valence-corrected chi connectivity index (χ1v) is 10.9. The van der Waals surface area contributed by atoms with Crippen molar-refractivity contribution in [1.82, 2.24) is 25.0 Å². The summed E-state index contributed by atoms with van der Waals surface area (Å²) in [7, 11) is 1.97. The molecular weight excluding hydrogens is 515 g/mol. The highest BCUT2D eigenvalue weighted by Gasteiger charge is 2.27. The molecule has 3 aromatic rings. The zero-order chi connectivity index (χ0) is 21.5. The predicted molar refractivity (Wildman–Crippen MR) is 137 cm³/mol. The monoisotopic (exact) mass is 546 g/mol. The van der Waals surface area contributed by atoms with Gasteiger partial charge in [0.2, 0.25) is 5.88 Å². The Labute approximate surface area is 206 Å². The van der Waals surface area contributed by atoms with Crippen LogP contribution in [0.15, 0.2) is 66.0 Å². The second-order valence-electron chi connectivity index (χ2n) is 7.79. The van der Waals surface area contributed by atoms with Gasteiger partial charge in [-0.1, -0.05) is 36.4 Å². The third-order valence-corrected chi connectivity index (χ3v) is 5.49. The molecule has 0 amide bonds. The molecule has 0 spiro atoms. The van der Waals surface area contributed by atoms with E-state index in [-0.39, 0.29) is 24.0 Å². The lowest BCUT2D eigenvalue weighted by Crippen LogP contribution is -2.40. The van der Waals surface area contributed by atoms with Crippen molar-refractivity contribution in [2.24, 2.45) is 12.0 Å². The molecule has 1 fully saturated rings. The first-order chi connectivity index (χ1) is 15.2. The van der Waals surface area contributed by atoms with Gasteiger partial charge in [-0.3, -0.25) is 4.68 Å². The molecule has 7 nitrogen and oxygen atoms in total. The minimum atomic E-state index is 0. The van der Waals surface area contributed by atoms with Crippen LogP contribution in [0.25, 0.3) is 0 Å². The van der Waals surface area contributed by atoms with Crippen molar-refractivity contribution in [2.75, 3.05) is 19.6 Å². The second-order valence-corrected chi connectivity index (χ2v) is 7.79. The molecule has 0 saturated carbocycles. The summed E-state index contributed by atoms with van der Waals surface area (Å²) in [6, 6.07) is 14.1. The van der Waals surface area contributed by atoms with Gasteiger partial charge in [0.25, 0.3) is 0 Å². The first kappa shape index (κ1) is 24.0. The van der Waals surface area contributed by atoms with Gasteiger partial charge in [-0.2, -0.15) is 5.10 Å². The number of hydrogen-bond donors (Lipinski definition) is 1. The van der Waals surface area contributed by atoms with Crippen molar-refractivity contribution in [3.8, 4) is 5.88 Å². The molecule has 3 heterocycles. The van der Waals surface area contributed by atoms with E-state index in [0.717, 1.165) is 43.1 Å². The van der Waals surface area contributed by atoms with Crippen molar-refractivity contribution in [3.63, 3.8) is 0 Å². The van der Waals surface area contributed by atoms with E-state index in [9.17, 15) is 0 Å². The van der Waals surface area contributed by atoms with Gasteiger partial charge < -0.3 is 15.0 Å². The second kappa shape index (κ2) is 11.8. The minimum Gasteiger partial charge on any atom is -0.473 e. The van der Waals surface area contributed by atoms with Crippen molar-refractivity contribution < 1.29 is 4.74 Å². The molecule has 1 aromatic carbocycles. The molecule has 1 N–H and O–H groups in total. The quantitative estimate of drug-likeness (QED) is 0.276. The highest BCUT2D eigenvalue weighted by atomic mass is 127. The molecular formula is C24H31IN6O. The van der Waals surface area contributed by atoms with Crippen LogP contribution in [0.1, 0.15) is 36.0 Å². The number of ether oxygens (including phenoxy) is 1. The highest BCUT2D eigenvalue weighted by molar-refractivity contribution is 14.0. The summed E-state index contributed by atoms with van der Waals surface area (Å²) in [5.74, 6) is 2.06. The van der Waals surface area contributed by atoms with E-state index in [1.807, 2.05) is 48.3 Å². The lowest BCUT2D eigenvalue weighted by atomic mass is 10.0. The molecule has 0 radical (unpaired) electrons. The van der Waals surface area contributed by atoms with Gasteiger partial charge in [-0.05, 0) is 30.5 Å². The summed E-state index contributed by atoms with van der Waals surface area (Å²) >= 11 is 0. The molecule has 170 valence electrons. The van der Waals surface area contributed by atoms with Crippen LogP contribution in [-0.4, -0.2) is 45.3 Å². The summed E-state index contributed by atoms with van der Waals surface area (Å²) in [6.45, 7) is 5.87. The minimum absolute atomic E-state index is 0. The normalized spacial score (nSPS) is 16.0. The molecule has 0 aliphatic carbocycles. The molecule has 0 bridgehead atoms. The van der Waals surface area contributed by atoms with Crippen LogP contribution in [0.2, 0.25) is 0 Å². The maximum atomic E-state index is 5.99. The summed E-state index contributed by atoms with van der Waals surface area (Å²) in [5.41, 5.74) is 3.40. The van der Waals surface area contributed by atoms with Gasteiger partial charge in [0, 0.05) is 50.6 Å². The van der Waals surface area contributed by atoms with Gasteiger partial charge in [0.05, 0.1) is 12.7 Å². The van der Waals surface area contributed by atoms with Gasteiger partial charge in [-0.25, -0.2) is 9.98 Å². The van der Waals surface area contributed by atoms with Crippen LogP contribution in [-0.2, 0) is 20.2 Å². The molecule has 1 aliphatic rings. The van der Waals surface area contributed by atoms with Gasteiger partial charge >= 0.3 is 0 Å². The summed E-state index contributed by atoms with van der Waals surface area (Å²) in [4.78, 5) is 11.7. The number of rotatable bonds is 7. The average molecular weight is 546 g/mol. The van der Waals surface area contributed by atoms with Gasteiger partial charge in [0.1, 0.15) is 6.61 Å². The maximum Gasteiger partial charge on any atom is 0.218 e. The molecule has 8 heteroatoms. The summed E-state index contributed by atoms with van der Waals surface area (Å²) < 4.78 is 7.87. The van der Waals surface area contributed by atoms with Crippen LogP contribution >= 0.6 is 24.0 Å². The SMILES string of the molecule is CCNC(=NCc1cccnc1OCc1ccccc1)N1CCC(c2cnn(C)c2)C1.I. The van der Waals surface area contributed by atoms with E-state index in [1.54, 1.807) is 6.20 Å². The number of aliphatic imine (C=N–C) groups is 1. The van der Waals surface area contributed by atoms with Crippen LogP contribution < -0.4 is 10.1 Å². The zero-order valence-corrected chi connectivity index (χ0v) is 21.0. The number of nitrogens with one attached hydrogen (secondary N) is 1. The van der Waals surface area contributed by atoms with Crippen LogP contribution in [0.4, 0.5) is 0 Å². The van der Waals surface area contributed by atoms with Crippen LogP contribution in [0, 0.1) is 0 Å². The number of aromatic nitrogens is 3. The summed E-state index contributed by atoms with van der Waals surface area (Å²) in [5, 5.41) is 7.77. The van der Waals surface area contributed by atoms with Crippen molar-refractivity contribution >= 4 is 29.9 Å². The van der Waals surface area contributed by atoms with Crippen LogP contribution in [0.5, 0.6) is 5.88 Å². The van der Waals surface area contributed by atoms with E-state index in [0.29, 0.717) is 24.9 Å². The Morgan fingerprint density at radius 3 is 2.81 bits per heavy atom. The third kappa shape index (κ3) is 6.21. The molecule has 1 unspecified atom stereocenters. The molecule has 1 aliphatic heterocycles. The van der Waals surface area contributed by atoms with E-state index in [4.69, 9.17) is 9.73 Å². The molecule has 1 saturated heterocycles. The van der Waals surface area contributed by atoms with E-state index < -0.39 is 0 Å². The molecule has 32 heavy (non-hydrogen) atoms. The molecule has 2 aromatic heterocycles. The Hall–Kier alpha value is -2.62. The summed E-state index contributed by atoms with van der Waals surface area (Å²) in [6.07, 6.45) is 6.96. The lowest BCUT2D eigenvalue weighted by Gasteiger charge is -2.21. The Balaban J connectivity index is 0.00000289. The van der Waals surface area contributed by atoms with Crippen molar-refractivity contribution in [2.45, 2.75) is 32.4 Å². The maximum absolute atomic E-state index is 5.99. The van der Waals surface area contributed by atoms with E-state index in [1.165, 1.54) is 5.56 Å². The number of pyridine rings is 1. The number of guanidine groups is 1. The third-order valence-electron chi connectivity index (χ3n) is 5.49. The number of likely N-dealkylation sites (tertiary alicyclic amines) is 1. The number of nitrogens with zero attached hydrogens (tertiary/aromatic N) is 5. The van der Waals surface area contributed by atoms with Gasteiger partial charge in [0.15, 0.2) is 5.96 Å². The number of aryl methyl sites for hydroxylation is 1. The number of benzene rings is 1. The topological polar surface area (TPSA) is 67.6 Å². The number of hydrogen-bond acceptors (Lipinski definition) is 4. The van der Waals surface area contributed by atoms with Crippen molar-refractivity contribution in [3.05, 3.63) is 77.7 Å². The largest absolute Gasteiger partial charge is 0.473 e. The molecule has 4 rings (SSSR count). The Morgan fingerprint density at radius 1 is 1.22 bits per heavy atom. The Morgan fingerprint density at radius 2 is 2.06 bits per heavy atom. The Bertz CT molecular complexity index is 1010. The fourth-order valence-electron chi connectivity index (χ4n) is 3.86. The van der Waals surface area contributed by atoms with Gasteiger partial charge in [-0.15, -0.1) is 24.0 Å². The van der Waals surface area contributed by atoms with E-state index >= 15 is 0 Å². The Kier molecular flexibility index (Phi) is 8.90. The van der Waals surface area contributed by atoms with E-state index in [2.05, 4.69) is 45.6 Å². The number of halogens is 1. The predicted octanol–water partition coefficient (Wildman–Crippen LogP) is 3.97. The highest BCUT2D eigenvalue weighted by Crippen LogP contribution is 2.27. The first-order valence-electron chi connectivity index (χ1n) is 10.9. The fourth-order valence-corrected chi connectivity index (χ4v) is 3.86. The fraction of sp³-hybridized carbons (Fsp3) is 0.375. The smallest absolute Gasteiger partial charge is 0.218 e. The van der Waals surface area contributed by atoms with Crippen LogP contribution in [0.3, 0.4) is 0 Å². The van der Waals surface area contributed by atoms with Crippen molar-refractivity contribution in [1.29, 1.82) is 0 Å².